The van der Waals surface area contributed by atoms with Crippen LogP contribution >= 0.6 is 11.3 Å². The molecule has 1 heterocycles. The molecule has 0 saturated heterocycles. The lowest BCUT2D eigenvalue weighted by molar-refractivity contribution is -0.0510. The predicted molar refractivity (Wildman–Crippen MR) is 101 cm³/mol. The molecule has 4 rings (SSSR count). The van der Waals surface area contributed by atoms with Crippen LogP contribution in [0.25, 0.3) is 0 Å². The van der Waals surface area contributed by atoms with Gasteiger partial charge in [0.1, 0.15) is 5.75 Å². The SMILES string of the molecule is N#Cc1ccc(Oc2ccc3c(c2)CC[C@H]3c2sc(=O)[nH]c2O)c(OC(F)F)c1. The minimum atomic E-state index is -3.05. The van der Waals surface area contributed by atoms with E-state index >= 15 is 0 Å². The minimum absolute atomic E-state index is 0.0697. The maximum Gasteiger partial charge on any atom is 0.387 e. The van der Waals surface area contributed by atoms with Gasteiger partial charge >= 0.3 is 11.5 Å². The van der Waals surface area contributed by atoms with E-state index in [2.05, 4.69) is 9.72 Å². The molecule has 0 saturated carbocycles. The second-order valence-corrected chi connectivity index (χ2v) is 7.45. The lowest BCUT2D eigenvalue weighted by Gasteiger charge is -2.14. The number of rotatable bonds is 5. The van der Waals surface area contributed by atoms with Crippen LogP contribution in [0, 0.1) is 11.3 Å². The molecule has 1 aliphatic carbocycles. The topological polar surface area (TPSA) is 95.3 Å². The molecule has 29 heavy (non-hydrogen) atoms. The maximum absolute atomic E-state index is 12.7. The van der Waals surface area contributed by atoms with Gasteiger partial charge in [-0.05, 0) is 48.2 Å². The summed E-state index contributed by atoms with van der Waals surface area (Å²) in [7, 11) is 0. The van der Waals surface area contributed by atoms with Crippen molar-refractivity contribution in [2.45, 2.75) is 25.4 Å². The van der Waals surface area contributed by atoms with E-state index in [4.69, 9.17) is 10.00 Å². The lowest BCUT2D eigenvalue weighted by atomic mass is 10.00. The summed E-state index contributed by atoms with van der Waals surface area (Å²) in [4.78, 5) is 14.2. The molecular formula is C20H14F2N2O4S. The normalized spacial score (nSPS) is 15.2. The lowest BCUT2D eigenvalue weighted by Crippen LogP contribution is -2.03. The predicted octanol–water partition coefficient (Wildman–Crippen LogP) is 4.49. The van der Waals surface area contributed by atoms with Gasteiger partial charge < -0.3 is 14.6 Å². The summed E-state index contributed by atoms with van der Waals surface area (Å²) in [6.45, 7) is -3.05. The average molecular weight is 416 g/mol. The van der Waals surface area contributed by atoms with Gasteiger partial charge in [0.05, 0.1) is 16.5 Å². The third-order valence-electron chi connectivity index (χ3n) is 4.68. The molecule has 0 fully saturated rings. The van der Waals surface area contributed by atoms with Crippen LogP contribution in [0.2, 0.25) is 0 Å². The first-order valence-corrected chi connectivity index (χ1v) is 9.48. The summed E-state index contributed by atoms with van der Waals surface area (Å²) in [5, 5.41) is 18.9. The number of nitriles is 1. The fraction of sp³-hybridized carbons (Fsp3) is 0.200. The summed E-state index contributed by atoms with van der Waals surface area (Å²) < 4.78 is 35.6. The Balaban J connectivity index is 1.62. The summed E-state index contributed by atoms with van der Waals surface area (Å²) in [5.74, 6) is 0.0830. The molecule has 0 radical (unpaired) electrons. The molecule has 1 aliphatic rings. The van der Waals surface area contributed by atoms with Gasteiger partial charge in [0.2, 0.25) is 5.88 Å². The third kappa shape index (κ3) is 3.79. The summed E-state index contributed by atoms with van der Waals surface area (Å²) in [5.41, 5.74) is 2.14. The number of alkyl halides is 2. The molecule has 1 atom stereocenters. The number of aromatic hydroxyl groups is 1. The number of ether oxygens (including phenoxy) is 2. The Kier molecular flexibility index (Phi) is 4.94. The number of hydrogen-bond donors (Lipinski definition) is 2. The Morgan fingerprint density at radius 1 is 1.24 bits per heavy atom. The van der Waals surface area contributed by atoms with Gasteiger partial charge in [0.25, 0.3) is 0 Å². The first kappa shape index (κ1) is 19.0. The zero-order chi connectivity index (χ0) is 20.5. The van der Waals surface area contributed by atoms with E-state index in [-0.39, 0.29) is 33.7 Å². The van der Waals surface area contributed by atoms with E-state index in [1.54, 1.807) is 12.1 Å². The number of nitrogens with one attached hydrogen (secondary N) is 1. The number of aromatic nitrogens is 1. The Labute approximate surface area is 167 Å². The van der Waals surface area contributed by atoms with Crippen LogP contribution in [0.4, 0.5) is 8.78 Å². The van der Waals surface area contributed by atoms with E-state index in [1.165, 1.54) is 18.2 Å². The minimum Gasteiger partial charge on any atom is -0.494 e. The molecule has 2 aromatic carbocycles. The van der Waals surface area contributed by atoms with E-state index in [0.29, 0.717) is 10.6 Å². The number of halogens is 2. The van der Waals surface area contributed by atoms with Crippen LogP contribution in [-0.2, 0) is 6.42 Å². The summed E-state index contributed by atoms with van der Waals surface area (Å²) in [6.07, 6.45) is 1.45. The molecule has 9 heteroatoms. The van der Waals surface area contributed by atoms with Crippen molar-refractivity contribution in [2.75, 3.05) is 0 Å². The highest BCUT2D eigenvalue weighted by atomic mass is 32.1. The van der Waals surface area contributed by atoms with Crippen LogP contribution in [0.3, 0.4) is 0 Å². The number of aromatic amines is 1. The van der Waals surface area contributed by atoms with Crippen molar-refractivity contribution in [3.05, 3.63) is 67.6 Å². The van der Waals surface area contributed by atoms with Gasteiger partial charge in [-0.15, -0.1) is 0 Å². The van der Waals surface area contributed by atoms with Crippen LogP contribution < -0.4 is 14.3 Å². The van der Waals surface area contributed by atoms with Gasteiger partial charge in [-0.25, -0.2) is 0 Å². The van der Waals surface area contributed by atoms with Crippen LogP contribution in [0.15, 0.2) is 41.2 Å². The smallest absolute Gasteiger partial charge is 0.387 e. The molecule has 0 unspecified atom stereocenters. The third-order valence-corrected chi connectivity index (χ3v) is 5.67. The maximum atomic E-state index is 12.7. The van der Waals surface area contributed by atoms with Gasteiger partial charge in [-0.1, -0.05) is 17.4 Å². The number of thiazole rings is 1. The highest BCUT2D eigenvalue weighted by Crippen LogP contribution is 2.44. The van der Waals surface area contributed by atoms with Gasteiger partial charge in [0.15, 0.2) is 11.5 Å². The quantitative estimate of drug-likeness (QED) is 0.639. The summed E-state index contributed by atoms with van der Waals surface area (Å²) in [6, 6.07) is 11.2. The van der Waals surface area contributed by atoms with E-state index < -0.39 is 6.61 Å². The number of aryl methyl sites for hydroxylation is 1. The van der Waals surface area contributed by atoms with Gasteiger partial charge in [0, 0.05) is 12.0 Å². The second-order valence-electron chi connectivity index (χ2n) is 6.43. The first-order chi connectivity index (χ1) is 13.9. The second kappa shape index (κ2) is 7.56. The van der Waals surface area contributed by atoms with Crippen LogP contribution in [0.1, 0.15) is 33.9 Å². The van der Waals surface area contributed by atoms with Crippen molar-refractivity contribution < 1.29 is 23.4 Å². The highest BCUT2D eigenvalue weighted by molar-refractivity contribution is 7.09. The van der Waals surface area contributed by atoms with Crippen molar-refractivity contribution in [3.8, 4) is 29.2 Å². The monoisotopic (exact) mass is 416 g/mol. The number of benzene rings is 2. The zero-order valence-electron chi connectivity index (χ0n) is 14.8. The molecule has 2 N–H and O–H groups in total. The van der Waals surface area contributed by atoms with Crippen molar-refractivity contribution in [2.24, 2.45) is 0 Å². The van der Waals surface area contributed by atoms with E-state index in [0.717, 1.165) is 35.3 Å². The van der Waals surface area contributed by atoms with Gasteiger partial charge in [-0.3, -0.25) is 9.78 Å². The molecular weight excluding hydrogens is 402 g/mol. The molecule has 0 aliphatic heterocycles. The molecule has 0 spiro atoms. The van der Waals surface area contributed by atoms with Crippen molar-refractivity contribution in [1.82, 2.24) is 4.98 Å². The van der Waals surface area contributed by atoms with E-state index in [9.17, 15) is 18.7 Å². The largest absolute Gasteiger partial charge is 0.494 e. The molecule has 148 valence electrons. The van der Waals surface area contributed by atoms with Crippen LogP contribution in [0.5, 0.6) is 23.1 Å². The van der Waals surface area contributed by atoms with Crippen molar-refractivity contribution in [3.63, 3.8) is 0 Å². The Morgan fingerprint density at radius 3 is 2.76 bits per heavy atom. The number of nitrogens with zero attached hydrogens (tertiary/aromatic N) is 1. The molecule has 3 aromatic rings. The van der Waals surface area contributed by atoms with Crippen LogP contribution in [-0.4, -0.2) is 16.7 Å². The summed E-state index contributed by atoms with van der Waals surface area (Å²) >= 11 is 0.987. The number of H-pyrrole nitrogens is 1. The fourth-order valence-electron chi connectivity index (χ4n) is 3.47. The Morgan fingerprint density at radius 2 is 2.07 bits per heavy atom. The number of hydrogen-bond acceptors (Lipinski definition) is 6. The average Bonchev–Trinajstić information content (AvgIpc) is 3.24. The zero-order valence-corrected chi connectivity index (χ0v) is 15.6. The molecule has 0 amide bonds. The van der Waals surface area contributed by atoms with Crippen molar-refractivity contribution >= 4 is 11.3 Å². The fourth-order valence-corrected chi connectivity index (χ4v) is 4.36. The molecule has 1 aromatic heterocycles. The van der Waals surface area contributed by atoms with E-state index in [1.807, 2.05) is 12.1 Å². The first-order valence-electron chi connectivity index (χ1n) is 8.66. The standard InChI is InChI=1S/C20H14F2N2O4S/c21-19(22)28-16-7-10(9-23)1-6-15(16)27-12-3-5-13-11(8-12)2-4-14(13)17-18(25)24-20(26)29-17/h1,3,5-8,14,19,25H,2,4H2,(H,24,26)/t14-/m1/s1. The Bertz CT molecular complexity index is 1170. The molecule has 0 bridgehead atoms. The number of fused-ring (bicyclic) bond motifs is 1. The highest BCUT2D eigenvalue weighted by Gasteiger charge is 2.28. The van der Waals surface area contributed by atoms with Crippen molar-refractivity contribution in [1.29, 1.82) is 5.26 Å². The Hall–Kier alpha value is -3.38. The van der Waals surface area contributed by atoms with Gasteiger partial charge in [-0.2, -0.15) is 14.0 Å². The molecule has 6 nitrogen and oxygen atoms in total.